The second-order valence-corrected chi connectivity index (χ2v) is 3.94. The summed E-state index contributed by atoms with van der Waals surface area (Å²) in [5, 5.41) is 3.61. The van der Waals surface area contributed by atoms with E-state index in [1.165, 1.54) is 36.9 Å². The molecule has 0 aromatic heterocycles. The molecule has 1 aromatic rings. The second-order valence-electron chi connectivity index (χ2n) is 3.94. The minimum Gasteiger partial charge on any atom is -0.382 e. The van der Waals surface area contributed by atoms with E-state index in [0.717, 1.165) is 6.04 Å². The van der Waals surface area contributed by atoms with Crippen molar-refractivity contribution in [1.29, 1.82) is 0 Å². The Hall–Kier alpha value is -0.980. The van der Waals surface area contributed by atoms with Crippen molar-refractivity contribution in [3.05, 3.63) is 29.8 Å². The lowest BCUT2D eigenvalue weighted by Gasteiger charge is -2.15. The molecule has 1 aliphatic rings. The number of nitrogens with one attached hydrogen (secondary N) is 1. The maximum absolute atomic E-state index is 3.61. The van der Waals surface area contributed by atoms with Crippen LogP contribution in [0.3, 0.4) is 0 Å². The molecule has 1 aromatic carbocycles. The van der Waals surface area contributed by atoms with Gasteiger partial charge < -0.3 is 5.32 Å². The van der Waals surface area contributed by atoms with Gasteiger partial charge in [0, 0.05) is 11.7 Å². The van der Waals surface area contributed by atoms with E-state index >= 15 is 0 Å². The summed E-state index contributed by atoms with van der Waals surface area (Å²) in [5.74, 6) is 0. The van der Waals surface area contributed by atoms with Crippen molar-refractivity contribution in [2.45, 2.75) is 38.6 Å². The van der Waals surface area contributed by atoms with Crippen LogP contribution in [0.1, 0.15) is 31.2 Å². The zero-order chi connectivity index (χ0) is 9.10. The van der Waals surface area contributed by atoms with E-state index in [4.69, 9.17) is 0 Å². The van der Waals surface area contributed by atoms with Gasteiger partial charge in [-0.25, -0.2) is 0 Å². The molecule has 1 aliphatic carbocycles. The van der Waals surface area contributed by atoms with Crippen molar-refractivity contribution in [2.24, 2.45) is 0 Å². The summed E-state index contributed by atoms with van der Waals surface area (Å²) in [5.41, 5.74) is 2.67. The normalized spacial score (nSPS) is 17.6. The van der Waals surface area contributed by atoms with Crippen LogP contribution < -0.4 is 5.32 Å². The van der Waals surface area contributed by atoms with Gasteiger partial charge in [-0.2, -0.15) is 0 Å². The minimum atomic E-state index is 0.723. The molecule has 0 unspecified atom stereocenters. The van der Waals surface area contributed by atoms with Crippen LogP contribution in [0.5, 0.6) is 0 Å². The Morgan fingerprint density at radius 3 is 2.54 bits per heavy atom. The van der Waals surface area contributed by atoms with Crippen LogP contribution in [0.15, 0.2) is 24.3 Å². The van der Waals surface area contributed by atoms with Crippen LogP contribution in [0, 0.1) is 6.92 Å². The molecule has 0 aliphatic heterocycles. The van der Waals surface area contributed by atoms with E-state index in [2.05, 4.69) is 36.5 Å². The molecule has 1 fully saturated rings. The van der Waals surface area contributed by atoms with Gasteiger partial charge >= 0.3 is 0 Å². The van der Waals surface area contributed by atoms with Gasteiger partial charge in [-0.1, -0.05) is 31.0 Å². The predicted molar refractivity (Wildman–Crippen MR) is 57.1 cm³/mol. The van der Waals surface area contributed by atoms with E-state index in [1.54, 1.807) is 0 Å². The largest absolute Gasteiger partial charge is 0.382 e. The quantitative estimate of drug-likeness (QED) is 0.726. The molecule has 70 valence electrons. The molecule has 0 bridgehead atoms. The Morgan fingerprint density at radius 1 is 1.15 bits per heavy atom. The van der Waals surface area contributed by atoms with Crippen molar-refractivity contribution >= 4 is 5.69 Å². The molecule has 0 atom stereocenters. The lowest BCUT2D eigenvalue weighted by atomic mass is 10.1. The molecule has 0 amide bonds. The maximum Gasteiger partial charge on any atom is 0.0372 e. The highest BCUT2D eigenvalue weighted by Gasteiger charge is 2.14. The van der Waals surface area contributed by atoms with Crippen molar-refractivity contribution in [3.63, 3.8) is 0 Å². The summed E-state index contributed by atoms with van der Waals surface area (Å²) in [6.45, 7) is 2.16. The van der Waals surface area contributed by atoms with Crippen molar-refractivity contribution in [1.82, 2.24) is 0 Å². The van der Waals surface area contributed by atoms with Crippen molar-refractivity contribution in [2.75, 3.05) is 5.32 Å². The molecular weight excluding hydrogens is 158 g/mol. The van der Waals surface area contributed by atoms with Crippen LogP contribution in [-0.2, 0) is 0 Å². The molecule has 1 heteroatoms. The number of aryl methyl sites for hydroxylation is 1. The summed E-state index contributed by atoms with van der Waals surface area (Å²) < 4.78 is 0. The Kier molecular flexibility index (Phi) is 2.53. The first-order chi connectivity index (χ1) is 6.36. The number of para-hydroxylation sites is 1. The molecule has 1 saturated carbocycles. The van der Waals surface area contributed by atoms with Gasteiger partial charge in [-0.15, -0.1) is 0 Å². The summed E-state index contributed by atoms with van der Waals surface area (Å²) >= 11 is 0. The second kappa shape index (κ2) is 3.82. The Balaban J connectivity index is 2.04. The average molecular weight is 175 g/mol. The van der Waals surface area contributed by atoms with E-state index in [-0.39, 0.29) is 0 Å². The number of benzene rings is 1. The SMILES string of the molecule is Cc1ccccc1NC1CCCC1. The van der Waals surface area contributed by atoms with Crippen molar-refractivity contribution in [3.8, 4) is 0 Å². The first-order valence-corrected chi connectivity index (χ1v) is 5.18. The van der Waals surface area contributed by atoms with E-state index in [0.29, 0.717) is 0 Å². The molecule has 13 heavy (non-hydrogen) atoms. The smallest absolute Gasteiger partial charge is 0.0372 e. The highest BCUT2D eigenvalue weighted by atomic mass is 14.9. The molecule has 0 spiro atoms. The van der Waals surface area contributed by atoms with Gasteiger partial charge in [0.15, 0.2) is 0 Å². The van der Waals surface area contributed by atoms with Crippen LogP contribution in [0.4, 0.5) is 5.69 Å². The summed E-state index contributed by atoms with van der Waals surface area (Å²) in [4.78, 5) is 0. The standard InChI is InChI=1S/C12H17N/c1-10-6-2-5-9-12(10)13-11-7-3-4-8-11/h2,5-6,9,11,13H,3-4,7-8H2,1H3. The highest BCUT2D eigenvalue weighted by Crippen LogP contribution is 2.23. The topological polar surface area (TPSA) is 12.0 Å². The monoisotopic (exact) mass is 175 g/mol. The number of anilines is 1. The molecule has 2 rings (SSSR count). The third kappa shape index (κ3) is 2.03. The molecule has 1 nitrogen and oxygen atoms in total. The fraction of sp³-hybridized carbons (Fsp3) is 0.500. The first kappa shape index (κ1) is 8.61. The van der Waals surface area contributed by atoms with Crippen molar-refractivity contribution < 1.29 is 0 Å². The Morgan fingerprint density at radius 2 is 1.85 bits per heavy atom. The van der Waals surface area contributed by atoms with Crippen LogP contribution in [0.25, 0.3) is 0 Å². The van der Waals surface area contributed by atoms with Crippen LogP contribution in [0.2, 0.25) is 0 Å². The van der Waals surface area contributed by atoms with Gasteiger partial charge in [-0.3, -0.25) is 0 Å². The predicted octanol–water partition coefficient (Wildman–Crippen LogP) is 3.35. The van der Waals surface area contributed by atoms with E-state index < -0.39 is 0 Å². The molecule has 0 heterocycles. The van der Waals surface area contributed by atoms with Gasteiger partial charge in [0.1, 0.15) is 0 Å². The molecule has 0 radical (unpaired) electrons. The summed E-state index contributed by atoms with van der Waals surface area (Å²) in [6.07, 6.45) is 5.47. The van der Waals surface area contributed by atoms with Gasteiger partial charge in [0.05, 0.1) is 0 Å². The third-order valence-electron chi connectivity index (χ3n) is 2.86. The number of hydrogen-bond donors (Lipinski definition) is 1. The van der Waals surface area contributed by atoms with Gasteiger partial charge in [-0.05, 0) is 31.4 Å². The fourth-order valence-electron chi connectivity index (χ4n) is 2.02. The number of rotatable bonds is 2. The lowest BCUT2D eigenvalue weighted by Crippen LogP contribution is -2.14. The molecule has 0 saturated heterocycles. The Bertz CT molecular complexity index is 274. The van der Waals surface area contributed by atoms with E-state index in [9.17, 15) is 0 Å². The highest BCUT2D eigenvalue weighted by molar-refractivity contribution is 5.50. The van der Waals surface area contributed by atoms with Gasteiger partial charge in [0.25, 0.3) is 0 Å². The molecule has 1 N–H and O–H groups in total. The lowest BCUT2D eigenvalue weighted by molar-refractivity contribution is 0.754. The fourth-order valence-corrected chi connectivity index (χ4v) is 2.02. The Labute approximate surface area is 80.2 Å². The van der Waals surface area contributed by atoms with E-state index in [1.807, 2.05) is 0 Å². The maximum atomic E-state index is 3.61. The first-order valence-electron chi connectivity index (χ1n) is 5.18. The summed E-state index contributed by atoms with van der Waals surface area (Å²) in [7, 11) is 0. The zero-order valence-electron chi connectivity index (χ0n) is 8.22. The van der Waals surface area contributed by atoms with Crippen LogP contribution in [-0.4, -0.2) is 6.04 Å². The summed E-state index contributed by atoms with van der Waals surface area (Å²) in [6, 6.07) is 9.26. The molecular formula is C12H17N. The minimum absolute atomic E-state index is 0.723. The number of hydrogen-bond acceptors (Lipinski definition) is 1. The van der Waals surface area contributed by atoms with Gasteiger partial charge in [0.2, 0.25) is 0 Å². The third-order valence-corrected chi connectivity index (χ3v) is 2.86. The van der Waals surface area contributed by atoms with Crippen LogP contribution >= 0.6 is 0 Å². The zero-order valence-corrected chi connectivity index (χ0v) is 8.22. The average Bonchev–Trinajstić information content (AvgIpc) is 2.61.